The van der Waals surface area contributed by atoms with Gasteiger partial charge in [0, 0.05) is 24.5 Å². The zero-order valence-electron chi connectivity index (χ0n) is 21.9. The molecule has 4 aromatic rings. The highest BCUT2D eigenvalue weighted by atomic mass is 16.6. The fourth-order valence-electron chi connectivity index (χ4n) is 4.01. The minimum Gasteiger partial charge on any atom is -0.493 e. The number of pyridine rings is 1. The van der Waals surface area contributed by atoms with Crippen molar-refractivity contribution in [3.05, 3.63) is 95.5 Å². The molecule has 0 aliphatic heterocycles. The molecule has 0 saturated carbocycles. The summed E-state index contributed by atoms with van der Waals surface area (Å²) in [5.74, 6) is 1.58. The van der Waals surface area contributed by atoms with Gasteiger partial charge in [0.15, 0.2) is 0 Å². The number of hydrogen-bond acceptors (Lipinski definition) is 5. The number of furan rings is 1. The van der Waals surface area contributed by atoms with Crippen molar-refractivity contribution in [2.45, 2.75) is 46.3 Å². The predicted octanol–water partition coefficient (Wildman–Crippen LogP) is 7.51. The molecule has 2 aromatic heterocycles. The van der Waals surface area contributed by atoms with Gasteiger partial charge in [-0.15, -0.1) is 0 Å². The van der Waals surface area contributed by atoms with Crippen LogP contribution < -0.4 is 4.74 Å². The quantitative estimate of drug-likeness (QED) is 0.223. The Morgan fingerprint density at radius 3 is 2.57 bits per heavy atom. The van der Waals surface area contributed by atoms with E-state index in [1.54, 1.807) is 17.3 Å². The summed E-state index contributed by atoms with van der Waals surface area (Å²) in [6.45, 7) is 9.02. The summed E-state index contributed by atoms with van der Waals surface area (Å²) in [6, 6.07) is 19.8. The Bertz CT molecular complexity index is 1340. The van der Waals surface area contributed by atoms with Crippen LogP contribution in [0.1, 0.15) is 49.6 Å². The van der Waals surface area contributed by atoms with Gasteiger partial charge in [0.1, 0.15) is 22.7 Å². The van der Waals surface area contributed by atoms with Crippen molar-refractivity contribution in [3.8, 4) is 5.75 Å². The number of aryl methyl sites for hydroxylation is 1. The first-order valence-corrected chi connectivity index (χ1v) is 12.5. The third-order valence-corrected chi connectivity index (χ3v) is 5.76. The molecular weight excluding hydrogens is 464 g/mol. The van der Waals surface area contributed by atoms with Crippen molar-refractivity contribution >= 4 is 29.2 Å². The van der Waals surface area contributed by atoms with Crippen LogP contribution in [0.4, 0.5) is 4.79 Å². The van der Waals surface area contributed by atoms with Crippen LogP contribution in [0.3, 0.4) is 0 Å². The second kappa shape index (κ2) is 11.8. The van der Waals surface area contributed by atoms with Crippen LogP contribution in [-0.2, 0) is 11.3 Å². The number of amides is 1. The Balaban J connectivity index is 1.42. The molecule has 0 bridgehead atoms. The molecule has 0 radical (unpaired) electrons. The van der Waals surface area contributed by atoms with Crippen LogP contribution in [0.25, 0.3) is 23.1 Å². The Kier molecular flexibility index (Phi) is 8.29. The third-order valence-electron chi connectivity index (χ3n) is 5.76. The molecule has 0 aliphatic rings. The number of hydrogen-bond donors (Lipinski definition) is 0. The number of fused-ring (bicyclic) bond motifs is 1. The van der Waals surface area contributed by atoms with Crippen LogP contribution in [0.15, 0.2) is 77.5 Å². The van der Waals surface area contributed by atoms with Crippen molar-refractivity contribution < 1.29 is 18.7 Å². The molecule has 0 spiro atoms. The van der Waals surface area contributed by atoms with E-state index >= 15 is 0 Å². The summed E-state index contributed by atoms with van der Waals surface area (Å²) in [5, 5.41) is 0.967. The first kappa shape index (κ1) is 26.0. The van der Waals surface area contributed by atoms with E-state index in [4.69, 9.17) is 13.9 Å². The van der Waals surface area contributed by atoms with Gasteiger partial charge in [-0.05, 0) is 69.5 Å². The Morgan fingerprint density at radius 2 is 1.84 bits per heavy atom. The fraction of sp³-hybridized carbons (Fsp3) is 0.290. The molecule has 6 heteroatoms. The van der Waals surface area contributed by atoms with E-state index in [0.717, 1.165) is 39.2 Å². The van der Waals surface area contributed by atoms with E-state index in [1.807, 2.05) is 88.4 Å². The number of aromatic nitrogens is 1. The van der Waals surface area contributed by atoms with Crippen molar-refractivity contribution in [2.24, 2.45) is 0 Å². The molecular formula is C31H34N2O4. The molecule has 37 heavy (non-hydrogen) atoms. The van der Waals surface area contributed by atoms with Crippen LogP contribution >= 0.6 is 0 Å². The molecule has 0 atom stereocenters. The van der Waals surface area contributed by atoms with E-state index in [0.29, 0.717) is 26.1 Å². The van der Waals surface area contributed by atoms with Crippen molar-refractivity contribution in [3.63, 3.8) is 0 Å². The lowest BCUT2D eigenvalue weighted by molar-refractivity contribution is 0.0225. The molecule has 1 amide bonds. The van der Waals surface area contributed by atoms with Gasteiger partial charge in [0.25, 0.3) is 0 Å². The molecule has 0 unspecified atom stereocenters. The number of carbonyl (C=O) groups is 1. The largest absolute Gasteiger partial charge is 0.493 e. The number of ether oxygens (including phenoxy) is 2. The lowest BCUT2D eigenvalue weighted by Crippen LogP contribution is -2.37. The zero-order valence-corrected chi connectivity index (χ0v) is 21.9. The van der Waals surface area contributed by atoms with Gasteiger partial charge in [-0.2, -0.15) is 0 Å². The summed E-state index contributed by atoms with van der Waals surface area (Å²) in [4.78, 5) is 18.7. The third kappa shape index (κ3) is 7.23. The monoisotopic (exact) mass is 498 g/mol. The summed E-state index contributed by atoms with van der Waals surface area (Å²) in [5.41, 5.74) is 3.31. The zero-order chi connectivity index (χ0) is 26.3. The standard InChI is InChI=1S/C31H34N2O4/c1-23-26(17-16-24-11-6-5-7-12-24)36-28-15-8-14-27(29(23)28)35-20-10-19-33(30(34)37-31(2,3)4)22-25-13-9-18-32-21-25/h5-9,11-18,21H,10,19-20,22H2,1-4H3. The number of rotatable bonds is 9. The minimum absolute atomic E-state index is 0.348. The second-order valence-electron chi connectivity index (χ2n) is 9.93. The molecule has 2 heterocycles. The van der Waals surface area contributed by atoms with Crippen LogP contribution in [0.2, 0.25) is 0 Å². The van der Waals surface area contributed by atoms with E-state index in [-0.39, 0.29) is 6.09 Å². The van der Waals surface area contributed by atoms with Gasteiger partial charge in [-0.3, -0.25) is 4.98 Å². The van der Waals surface area contributed by atoms with Crippen LogP contribution in [0, 0.1) is 6.92 Å². The lowest BCUT2D eigenvalue weighted by atomic mass is 10.1. The molecule has 0 aliphatic carbocycles. The highest BCUT2D eigenvalue weighted by Crippen LogP contribution is 2.34. The van der Waals surface area contributed by atoms with Crippen molar-refractivity contribution in [1.82, 2.24) is 9.88 Å². The van der Waals surface area contributed by atoms with Gasteiger partial charge >= 0.3 is 6.09 Å². The van der Waals surface area contributed by atoms with E-state index < -0.39 is 5.60 Å². The average molecular weight is 499 g/mol. The number of nitrogens with zero attached hydrogens (tertiary/aromatic N) is 2. The normalized spacial score (nSPS) is 11.7. The summed E-state index contributed by atoms with van der Waals surface area (Å²) >= 11 is 0. The van der Waals surface area contributed by atoms with E-state index in [1.165, 1.54) is 0 Å². The Morgan fingerprint density at radius 1 is 1.03 bits per heavy atom. The summed E-state index contributed by atoms with van der Waals surface area (Å²) < 4.78 is 17.9. The van der Waals surface area contributed by atoms with Gasteiger partial charge in [-0.25, -0.2) is 4.79 Å². The van der Waals surface area contributed by atoms with Gasteiger partial charge < -0.3 is 18.8 Å². The lowest BCUT2D eigenvalue weighted by Gasteiger charge is -2.27. The van der Waals surface area contributed by atoms with Gasteiger partial charge in [0.2, 0.25) is 0 Å². The molecule has 0 fully saturated rings. The molecule has 0 N–H and O–H groups in total. The van der Waals surface area contributed by atoms with Crippen molar-refractivity contribution in [2.75, 3.05) is 13.2 Å². The molecule has 2 aromatic carbocycles. The van der Waals surface area contributed by atoms with E-state index in [9.17, 15) is 4.79 Å². The molecule has 4 rings (SSSR count). The first-order valence-electron chi connectivity index (χ1n) is 12.5. The smallest absolute Gasteiger partial charge is 0.410 e. The van der Waals surface area contributed by atoms with Gasteiger partial charge in [0.05, 0.1) is 18.5 Å². The minimum atomic E-state index is -0.568. The summed E-state index contributed by atoms with van der Waals surface area (Å²) in [7, 11) is 0. The maximum Gasteiger partial charge on any atom is 0.410 e. The second-order valence-corrected chi connectivity index (χ2v) is 9.93. The number of benzene rings is 2. The van der Waals surface area contributed by atoms with Crippen LogP contribution in [0.5, 0.6) is 5.75 Å². The predicted molar refractivity (Wildman–Crippen MR) is 147 cm³/mol. The molecule has 192 valence electrons. The van der Waals surface area contributed by atoms with Gasteiger partial charge in [-0.1, -0.05) is 48.5 Å². The highest BCUT2D eigenvalue weighted by Gasteiger charge is 2.22. The molecule has 6 nitrogen and oxygen atoms in total. The maximum absolute atomic E-state index is 12.8. The Labute approximate surface area is 218 Å². The Hall–Kier alpha value is -4.06. The first-order chi connectivity index (χ1) is 17.8. The fourth-order valence-corrected chi connectivity index (χ4v) is 4.01. The molecule has 0 saturated heterocycles. The van der Waals surface area contributed by atoms with E-state index in [2.05, 4.69) is 17.1 Å². The number of carbonyl (C=O) groups excluding carboxylic acids is 1. The van der Waals surface area contributed by atoms with Crippen LogP contribution in [-0.4, -0.2) is 34.7 Å². The average Bonchev–Trinajstić information content (AvgIpc) is 3.21. The van der Waals surface area contributed by atoms with Crippen molar-refractivity contribution in [1.29, 1.82) is 0 Å². The maximum atomic E-state index is 12.8. The summed E-state index contributed by atoms with van der Waals surface area (Å²) in [6.07, 6.45) is 7.81. The highest BCUT2D eigenvalue weighted by molar-refractivity contribution is 5.91. The topological polar surface area (TPSA) is 64.8 Å². The SMILES string of the molecule is Cc1c(C=Cc2ccccc2)oc2cccc(OCCCN(Cc3cccnc3)C(=O)OC(C)(C)C)c12.